The summed E-state index contributed by atoms with van der Waals surface area (Å²) >= 11 is 0. The Morgan fingerprint density at radius 2 is 1.86 bits per heavy atom. The van der Waals surface area contributed by atoms with E-state index in [-0.39, 0.29) is 23.5 Å². The molecule has 1 unspecified atom stereocenters. The van der Waals surface area contributed by atoms with Crippen molar-refractivity contribution in [2.24, 2.45) is 11.3 Å². The van der Waals surface area contributed by atoms with Gasteiger partial charge >= 0.3 is 6.18 Å². The summed E-state index contributed by atoms with van der Waals surface area (Å²) in [6, 6.07) is 11.3. The third kappa shape index (κ3) is 5.04. The number of hydrogen-bond donors (Lipinski definition) is 1. The molecule has 2 aromatic rings. The first-order valence-electron chi connectivity index (χ1n) is 11.6. The summed E-state index contributed by atoms with van der Waals surface area (Å²) in [5.74, 6) is 1.62. The second kappa shape index (κ2) is 9.96. The van der Waals surface area contributed by atoms with E-state index in [0.29, 0.717) is 25.3 Å². The molecule has 0 bridgehead atoms. The molecule has 1 atom stereocenters. The average molecular weight is 490 g/mol. The number of alkyl halides is 3. The molecule has 2 heterocycles. The Morgan fingerprint density at radius 3 is 2.46 bits per heavy atom. The van der Waals surface area contributed by atoms with Gasteiger partial charge in [0.2, 0.25) is 0 Å². The molecule has 2 aliphatic rings. The Hall–Kier alpha value is -2.96. The van der Waals surface area contributed by atoms with Gasteiger partial charge in [-0.25, -0.2) is 0 Å². The van der Waals surface area contributed by atoms with Crippen molar-refractivity contribution in [3.63, 3.8) is 0 Å². The van der Waals surface area contributed by atoms with E-state index in [0.717, 1.165) is 49.1 Å². The second-order valence-corrected chi connectivity index (χ2v) is 9.42. The van der Waals surface area contributed by atoms with Gasteiger partial charge in [-0.3, -0.25) is 4.90 Å². The summed E-state index contributed by atoms with van der Waals surface area (Å²) in [6.45, 7) is 3.46. The Balaban J connectivity index is 1.48. The molecule has 0 aromatic heterocycles. The first-order chi connectivity index (χ1) is 16.7. The van der Waals surface area contributed by atoms with Crippen molar-refractivity contribution in [1.82, 2.24) is 4.90 Å². The molecule has 35 heavy (non-hydrogen) atoms. The number of ether oxygens (including phenoxy) is 2. The molecule has 188 valence electrons. The molecule has 2 aromatic carbocycles. The highest BCUT2D eigenvalue weighted by atomic mass is 19.4. The van der Waals surface area contributed by atoms with Crippen LogP contribution in [0.25, 0.3) is 0 Å². The lowest BCUT2D eigenvalue weighted by atomic mass is 9.71. The molecule has 4 rings (SSSR count). The maximum Gasteiger partial charge on any atom is 0.417 e. The van der Waals surface area contributed by atoms with Crippen LogP contribution in [0.2, 0.25) is 0 Å². The predicted molar refractivity (Wildman–Crippen MR) is 125 cm³/mol. The maximum atomic E-state index is 13.4. The highest BCUT2D eigenvalue weighted by molar-refractivity contribution is 5.55. The van der Waals surface area contributed by atoms with E-state index in [2.05, 4.69) is 4.90 Å². The number of anilines is 1. The number of rotatable bonds is 6. The van der Waals surface area contributed by atoms with Crippen LogP contribution in [0.3, 0.4) is 0 Å². The first-order valence-corrected chi connectivity index (χ1v) is 11.6. The summed E-state index contributed by atoms with van der Waals surface area (Å²) in [5.41, 5.74) is 0.120. The summed E-state index contributed by atoms with van der Waals surface area (Å²) in [6.07, 6.45) is -3.04. The third-order valence-corrected chi connectivity index (χ3v) is 7.54. The fraction of sp³-hybridized carbons (Fsp3) is 0.500. The number of likely N-dealkylation sites (tertiary alicyclic amines) is 1. The number of halogens is 3. The molecular weight excluding hydrogens is 459 g/mol. The monoisotopic (exact) mass is 489 g/mol. The topological polar surface area (TPSA) is 69.0 Å². The molecule has 0 radical (unpaired) electrons. The molecule has 0 amide bonds. The summed E-state index contributed by atoms with van der Waals surface area (Å²) in [4.78, 5) is 4.27. The van der Waals surface area contributed by atoms with E-state index in [9.17, 15) is 18.3 Å². The molecule has 1 N–H and O–H groups in total. The van der Waals surface area contributed by atoms with E-state index in [1.807, 2.05) is 23.1 Å². The number of nitriles is 1. The van der Waals surface area contributed by atoms with Gasteiger partial charge in [0.1, 0.15) is 11.5 Å². The number of benzene rings is 2. The quantitative estimate of drug-likeness (QED) is 0.653. The van der Waals surface area contributed by atoms with Crippen LogP contribution < -0.4 is 14.4 Å². The van der Waals surface area contributed by atoms with Gasteiger partial charge in [-0.05, 0) is 54.7 Å². The van der Waals surface area contributed by atoms with Crippen molar-refractivity contribution in [3.8, 4) is 17.6 Å². The zero-order chi connectivity index (χ0) is 25.2. The normalized spacial score (nSPS) is 20.1. The van der Waals surface area contributed by atoms with Crippen molar-refractivity contribution >= 4 is 5.69 Å². The number of piperidine rings is 1. The van der Waals surface area contributed by atoms with Crippen LogP contribution in [0.1, 0.15) is 29.5 Å². The zero-order valence-electron chi connectivity index (χ0n) is 19.9. The molecule has 1 spiro atoms. The molecule has 2 saturated heterocycles. The highest BCUT2D eigenvalue weighted by Gasteiger charge is 2.47. The van der Waals surface area contributed by atoms with Crippen LogP contribution >= 0.6 is 0 Å². The Kier molecular flexibility index (Phi) is 7.15. The summed E-state index contributed by atoms with van der Waals surface area (Å²) in [5, 5.41) is 19.2. The number of methoxy groups -OCH3 is 2. The second-order valence-electron chi connectivity index (χ2n) is 9.42. The van der Waals surface area contributed by atoms with E-state index < -0.39 is 11.7 Å². The van der Waals surface area contributed by atoms with Gasteiger partial charge in [0.25, 0.3) is 0 Å². The van der Waals surface area contributed by atoms with Gasteiger partial charge in [-0.1, -0.05) is 0 Å². The first kappa shape index (κ1) is 25.1. The van der Waals surface area contributed by atoms with Gasteiger partial charge in [0, 0.05) is 56.5 Å². The number of aliphatic hydroxyl groups is 1. The maximum absolute atomic E-state index is 13.4. The molecule has 0 saturated carbocycles. The van der Waals surface area contributed by atoms with Gasteiger partial charge in [-0.15, -0.1) is 0 Å². The molecule has 2 fully saturated rings. The van der Waals surface area contributed by atoms with Crippen LogP contribution in [-0.4, -0.2) is 57.0 Å². The minimum Gasteiger partial charge on any atom is -0.497 e. The molecular formula is C26H30F3N3O3. The van der Waals surface area contributed by atoms with Crippen molar-refractivity contribution < 1.29 is 27.8 Å². The fourth-order valence-electron chi connectivity index (χ4n) is 5.60. The Bertz CT molecular complexity index is 1090. The Morgan fingerprint density at radius 1 is 1.11 bits per heavy atom. The van der Waals surface area contributed by atoms with Crippen LogP contribution in [-0.2, 0) is 12.7 Å². The van der Waals surface area contributed by atoms with E-state index in [1.165, 1.54) is 6.07 Å². The lowest BCUT2D eigenvalue weighted by Crippen LogP contribution is -2.45. The standard InChI is InChI=1S/C26H30F3N3O3/c1-34-22-5-6-24(35-2)19(11-22)14-31-15-20(16-33)25(17-31)7-9-32(10-8-25)21-4-3-18(13-30)23(12-21)26(27,28)29/h3-6,11-12,20,33H,7-10,14-17H2,1-2H3. The van der Waals surface area contributed by atoms with E-state index in [1.54, 1.807) is 26.4 Å². The predicted octanol–water partition coefficient (Wildman–Crippen LogP) is 4.31. The van der Waals surface area contributed by atoms with Crippen molar-refractivity contribution in [1.29, 1.82) is 5.26 Å². The van der Waals surface area contributed by atoms with Crippen LogP contribution in [0.5, 0.6) is 11.5 Å². The SMILES string of the molecule is COc1ccc(OC)c(CN2CC(CO)C3(CCN(c4ccc(C#N)c(C(F)(F)F)c4)CC3)C2)c1. The van der Waals surface area contributed by atoms with Gasteiger partial charge < -0.3 is 19.5 Å². The van der Waals surface area contributed by atoms with Gasteiger partial charge in [0.15, 0.2) is 0 Å². The number of hydrogen-bond acceptors (Lipinski definition) is 6. The lowest BCUT2D eigenvalue weighted by molar-refractivity contribution is -0.137. The van der Waals surface area contributed by atoms with E-state index in [4.69, 9.17) is 14.7 Å². The largest absolute Gasteiger partial charge is 0.497 e. The third-order valence-electron chi connectivity index (χ3n) is 7.54. The molecule has 2 aliphatic heterocycles. The number of nitrogens with zero attached hydrogens (tertiary/aromatic N) is 3. The van der Waals surface area contributed by atoms with E-state index >= 15 is 0 Å². The van der Waals surface area contributed by atoms with Crippen LogP contribution in [0, 0.1) is 22.7 Å². The summed E-state index contributed by atoms with van der Waals surface area (Å²) < 4.78 is 51.2. The molecule has 6 nitrogen and oxygen atoms in total. The average Bonchev–Trinajstić information content (AvgIpc) is 3.19. The summed E-state index contributed by atoms with van der Waals surface area (Å²) in [7, 11) is 3.26. The molecule has 0 aliphatic carbocycles. The van der Waals surface area contributed by atoms with Crippen LogP contribution in [0.4, 0.5) is 18.9 Å². The smallest absolute Gasteiger partial charge is 0.417 e. The number of aliphatic hydroxyl groups excluding tert-OH is 1. The van der Waals surface area contributed by atoms with Crippen molar-refractivity contribution in [2.45, 2.75) is 25.6 Å². The van der Waals surface area contributed by atoms with Gasteiger partial charge in [0.05, 0.1) is 31.4 Å². The minimum atomic E-state index is -4.58. The van der Waals surface area contributed by atoms with Crippen molar-refractivity contribution in [3.05, 3.63) is 53.1 Å². The Labute approximate surface area is 203 Å². The lowest BCUT2D eigenvalue weighted by Gasteiger charge is -2.43. The van der Waals surface area contributed by atoms with Crippen molar-refractivity contribution in [2.75, 3.05) is 51.9 Å². The fourth-order valence-corrected chi connectivity index (χ4v) is 5.60. The minimum absolute atomic E-state index is 0.0703. The van der Waals surface area contributed by atoms with Gasteiger partial charge in [-0.2, -0.15) is 18.4 Å². The highest BCUT2D eigenvalue weighted by Crippen LogP contribution is 2.46. The van der Waals surface area contributed by atoms with Crippen LogP contribution in [0.15, 0.2) is 36.4 Å². The molecule has 9 heteroatoms. The zero-order valence-corrected chi connectivity index (χ0v) is 19.9.